The van der Waals surface area contributed by atoms with E-state index in [1.165, 1.54) is 0 Å². The Morgan fingerprint density at radius 1 is 1.32 bits per heavy atom. The normalized spacial score (nSPS) is 28.5. The molecule has 3 N–H and O–H groups in total. The van der Waals surface area contributed by atoms with Crippen LogP contribution in [0.2, 0.25) is 0 Å². The minimum absolute atomic E-state index is 0.00600. The van der Waals surface area contributed by atoms with E-state index in [0.29, 0.717) is 13.1 Å². The van der Waals surface area contributed by atoms with Crippen LogP contribution in [0.1, 0.15) is 30.7 Å². The molecule has 22 heavy (non-hydrogen) atoms. The van der Waals surface area contributed by atoms with Crippen LogP contribution < -0.4 is 15.2 Å². The van der Waals surface area contributed by atoms with Gasteiger partial charge >= 0.3 is 0 Å². The summed E-state index contributed by atoms with van der Waals surface area (Å²) in [6.07, 6.45) is 1.65. The molecule has 1 aliphatic carbocycles. The van der Waals surface area contributed by atoms with Crippen LogP contribution in [0.5, 0.6) is 11.5 Å². The zero-order valence-electron chi connectivity index (χ0n) is 12.3. The van der Waals surface area contributed by atoms with Gasteiger partial charge < -0.3 is 25.2 Å². The summed E-state index contributed by atoms with van der Waals surface area (Å²) in [7, 11) is 0. The number of nitrogens with zero attached hydrogens (tertiary/aromatic N) is 1. The third kappa shape index (κ3) is 2.23. The molecule has 0 aromatic heterocycles. The molecule has 1 amide bonds. The van der Waals surface area contributed by atoms with Gasteiger partial charge in [0.15, 0.2) is 11.5 Å². The van der Waals surface area contributed by atoms with E-state index in [0.717, 1.165) is 36.3 Å². The summed E-state index contributed by atoms with van der Waals surface area (Å²) in [5.41, 5.74) is 6.33. The van der Waals surface area contributed by atoms with E-state index in [2.05, 4.69) is 0 Å². The van der Waals surface area contributed by atoms with Crippen molar-refractivity contribution in [2.24, 2.45) is 5.73 Å². The van der Waals surface area contributed by atoms with Gasteiger partial charge in [-0.05, 0) is 37.0 Å². The zero-order valence-corrected chi connectivity index (χ0v) is 12.3. The first-order chi connectivity index (χ1) is 10.6. The Kier molecular flexibility index (Phi) is 3.06. The molecule has 6 nitrogen and oxygen atoms in total. The lowest BCUT2D eigenvalue weighted by atomic mass is 9.86. The molecule has 0 spiro atoms. The molecular formula is C16H20N2O4. The van der Waals surface area contributed by atoms with Crippen LogP contribution in [0.3, 0.4) is 0 Å². The topological polar surface area (TPSA) is 85.0 Å². The summed E-state index contributed by atoms with van der Waals surface area (Å²) >= 11 is 0. The average molecular weight is 304 g/mol. The highest BCUT2D eigenvalue weighted by molar-refractivity contribution is 5.89. The predicted molar refractivity (Wildman–Crippen MR) is 78.7 cm³/mol. The average Bonchev–Trinajstić information content (AvgIpc) is 3.10. The number of carbonyl (C=O) groups is 1. The van der Waals surface area contributed by atoms with Gasteiger partial charge in [-0.2, -0.15) is 0 Å². The summed E-state index contributed by atoms with van der Waals surface area (Å²) in [6.45, 7) is 1.22. The fourth-order valence-corrected chi connectivity index (χ4v) is 3.31. The molecule has 118 valence electrons. The molecule has 0 radical (unpaired) electrons. The van der Waals surface area contributed by atoms with Gasteiger partial charge in [-0.1, -0.05) is 6.07 Å². The maximum absolute atomic E-state index is 12.3. The number of nitrogens with two attached hydrogens (primary N) is 1. The molecular weight excluding hydrogens is 284 g/mol. The number of hydrogen-bond donors (Lipinski definition) is 2. The molecule has 6 heteroatoms. The highest BCUT2D eigenvalue weighted by Gasteiger charge is 2.49. The van der Waals surface area contributed by atoms with Crippen molar-refractivity contribution in [1.82, 2.24) is 4.90 Å². The number of hydrogen-bond acceptors (Lipinski definition) is 5. The van der Waals surface area contributed by atoms with E-state index in [1.54, 1.807) is 4.90 Å². The van der Waals surface area contributed by atoms with Crippen LogP contribution in [0.25, 0.3) is 0 Å². The number of amides is 1. The van der Waals surface area contributed by atoms with Crippen molar-refractivity contribution in [3.05, 3.63) is 23.8 Å². The molecule has 4 rings (SSSR count). The van der Waals surface area contributed by atoms with Crippen LogP contribution in [0.15, 0.2) is 18.2 Å². The minimum Gasteiger partial charge on any atom is -0.454 e. The fourth-order valence-electron chi connectivity index (χ4n) is 3.31. The monoisotopic (exact) mass is 304 g/mol. The second-order valence-corrected chi connectivity index (χ2v) is 6.48. The van der Waals surface area contributed by atoms with E-state index in [1.807, 2.05) is 18.2 Å². The fraction of sp³-hybridized carbons (Fsp3) is 0.562. The van der Waals surface area contributed by atoms with Crippen LogP contribution in [-0.4, -0.2) is 47.4 Å². The van der Waals surface area contributed by atoms with Crippen LogP contribution in [-0.2, 0) is 4.79 Å². The van der Waals surface area contributed by atoms with Gasteiger partial charge in [0, 0.05) is 19.0 Å². The molecule has 1 aromatic carbocycles. The Hall–Kier alpha value is -1.79. The van der Waals surface area contributed by atoms with E-state index in [9.17, 15) is 9.90 Å². The molecule has 2 heterocycles. The van der Waals surface area contributed by atoms with Crippen LogP contribution in [0.4, 0.5) is 0 Å². The lowest BCUT2D eigenvalue weighted by Crippen LogP contribution is -2.52. The molecule has 3 aliphatic rings. The SMILES string of the molecule is NC1(C(=O)N2CC[C@@H](c3ccc4c(c3)OCO4)[C@H](O)C2)CC1. The second-order valence-electron chi connectivity index (χ2n) is 6.48. The summed E-state index contributed by atoms with van der Waals surface area (Å²) in [4.78, 5) is 14.0. The van der Waals surface area contributed by atoms with Gasteiger partial charge in [0.1, 0.15) is 0 Å². The van der Waals surface area contributed by atoms with Crippen molar-refractivity contribution in [1.29, 1.82) is 0 Å². The number of aliphatic hydroxyl groups excluding tert-OH is 1. The number of likely N-dealkylation sites (tertiary alicyclic amines) is 1. The van der Waals surface area contributed by atoms with Gasteiger partial charge in [0.25, 0.3) is 0 Å². The summed E-state index contributed by atoms with van der Waals surface area (Å²) < 4.78 is 10.7. The van der Waals surface area contributed by atoms with E-state index in [-0.39, 0.29) is 18.6 Å². The van der Waals surface area contributed by atoms with Crippen molar-refractivity contribution in [2.75, 3.05) is 19.9 Å². The number of benzene rings is 1. The molecule has 1 saturated carbocycles. The largest absolute Gasteiger partial charge is 0.454 e. The molecule has 1 aromatic rings. The van der Waals surface area contributed by atoms with E-state index in [4.69, 9.17) is 15.2 Å². The Bertz CT molecular complexity index is 614. The van der Waals surface area contributed by atoms with Crippen LogP contribution >= 0.6 is 0 Å². The first-order valence-electron chi connectivity index (χ1n) is 7.73. The first-order valence-corrected chi connectivity index (χ1v) is 7.73. The smallest absolute Gasteiger partial charge is 0.242 e. The Labute approximate surface area is 128 Å². The zero-order chi connectivity index (χ0) is 15.3. The Morgan fingerprint density at radius 2 is 2.09 bits per heavy atom. The molecule has 0 bridgehead atoms. The number of rotatable bonds is 2. The summed E-state index contributed by atoms with van der Waals surface area (Å²) in [6, 6.07) is 5.77. The number of aliphatic hydroxyl groups is 1. The highest BCUT2D eigenvalue weighted by Crippen LogP contribution is 2.39. The minimum atomic E-state index is -0.661. The van der Waals surface area contributed by atoms with Crippen molar-refractivity contribution < 1.29 is 19.4 Å². The molecule has 0 unspecified atom stereocenters. The standard InChI is InChI=1S/C16H20N2O4/c17-16(4-5-16)15(20)18-6-3-11(12(19)8-18)10-1-2-13-14(7-10)22-9-21-13/h1-2,7,11-12,19H,3-6,8-9,17H2/t11-,12+/m0/s1. The highest BCUT2D eigenvalue weighted by atomic mass is 16.7. The number of ether oxygens (including phenoxy) is 2. The second kappa shape index (κ2) is 4.86. The van der Waals surface area contributed by atoms with E-state index >= 15 is 0 Å². The third-order valence-corrected chi connectivity index (χ3v) is 4.91. The number of piperidine rings is 1. The lowest BCUT2D eigenvalue weighted by Gasteiger charge is -2.37. The molecule has 1 saturated heterocycles. The number of fused-ring (bicyclic) bond motifs is 1. The quantitative estimate of drug-likeness (QED) is 0.835. The Morgan fingerprint density at radius 3 is 2.82 bits per heavy atom. The van der Waals surface area contributed by atoms with Crippen molar-refractivity contribution in [2.45, 2.75) is 36.8 Å². The third-order valence-electron chi connectivity index (χ3n) is 4.91. The van der Waals surface area contributed by atoms with Crippen molar-refractivity contribution in [3.63, 3.8) is 0 Å². The van der Waals surface area contributed by atoms with Gasteiger partial charge in [-0.3, -0.25) is 4.79 Å². The molecule has 2 fully saturated rings. The summed E-state index contributed by atoms with van der Waals surface area (Å²) in [5.74, 6) is 1.45. The summed E-state index contributed by atoms with van der Waals surface area (Å²) in [5, 5.41) is 10.5. The first kappa shape index (κ1) is 13.8. The number of carbonyl (C=O) groups excluding carboxylic acids is 1. The predicted octanol–water partition coefficient (Wildman–Crippen LogP) is 0.583. The van der Waals surface area contributed by atoms with Gasteiger partial charge in [0.2, 0.25) is 12.7 Å². The van der Waals surface area contributed by atoms with Crippen LogP contribution in [0, 0.1) is 0 Å². The van der Waals surface area contributed by atoms with Gasteiger partial charge in [0.05, 0.1) is 11.6 Å². The van der Waals surface area contributed by atoms with Gasteiger partial charge in [-0.15, -0.1) is 0 Å². The van der Waals surface area contributed by atoms with Crippen molar-refractivity contribution in [3.8, 4) is 11.5 Å². The van der Waals surface area contributed by atoms with Crippen molar-refractivity contribution >= 4 is 5.91 Å². The maximum Gasteiger partial charge on any atom is 0.242 e. The van der Waals surface area contributed by atoms with Gasteiger partial charge in [-0.25, -0.2) is 0 Å². The lowest BCUT2D eigenvalue weighted by molar-refractivity contribution is -0.137. The van der Waals surface area contributed by atoms with E-state index < -0.39 is 11.6 Å². The molecule has 2 aliphatic heterocycles. The Balaban J connectivity index is 1.48. The maximum atomic E-state index is 12.3. The number of β-amino-alcohol motifs (C(OH)–C–C–N with tert-alkyl or cyclic N) is 1. The molecule has 2 atom stereocenters.